The largest absolute Gasteiger partial charge is 0.391 e. The average molecular weight is 661 g/mol. The first-order valence-corrected chi connectivity index (χ1v) is 16.2. The first-order valence-electron chi connectivity index (χ1n) is 12.0. The van der Waals surface area contributed by atoms with E-state index in [0.29, 0.717) is 0 Å². The molecule has 1 aromatic carbocycles. The summed E-state index contributed by atoms with van der Waals surface area (Å²) in [5.74, 6) is -1.70. The van der Waals surface area contributed by atoms with Gasteiger partial charge in [-0.25, -0.2) is 9.37 Å². The van der Waals surface area contributed by atoms with Crippen LogP contribution >= 0.6 is 41.5 Å². The molecule has 1 aliphatic heterocycles. The molecular weight excluding hydrogens is 630 g/mol. The summed E-state index contributed by atoms with van der Waals surface area (Å²) in [6.45, 7) is 5.75. The zero-order valence-corrected chi connectivity index (χ0v) is 24.6. The molecule has 1 unspecified atom stereocenters. The van der Waals surface area contributed by atoms with Crippen LogP contribution in [0.3, 0.4) is 0 Å². The normalized spacial score (nSPS) is 21.4. The van der Waals surface area contributed by atoms with Gasteiger partial charge in [-0.3, -0.25) is 14.4 Å². The van der Waals surface area contributed by atoms with Crippen LogP contribution < -0.4 is 10.6 Å². The lowest BCUT2D eigenvalue weighted by molar-refractivity contribution is -0.143. The summed E-state index contributed by atoms with van der Waals surface area (Å²) < 4.78 is 13.6. The maximum atomic E-state index is 14.4. The number of nitrogens with one attached hydrogen (secondary N) is 2. The number of halogens is 2. The summed E-state index contributed by atoms with van der Waals surface area (Å²) >= 11 is 3.61. The number of aromatic nitrogens is 1. The summed E-state index contributed by atoms with van der Waals surface area (Å²) in [4.78, 5) is 45.9. The van der Waals surface area contributed by atoms with E-state index in [2.05, 4.69) is 15.6 Å². The predicted molar refractivity (Wildman–Crippen MR) is 151 cm³/mol. The Balaban J connectivity index is 1.43. The van der Waals surface area contributed by atoms with Crippen molar-refractivity contribution in [2.45, 2.75) is 75.2 Å². The lowest BCUT2D eigenvalue weighted by Crippen LogP contribution is -2.60. The summed E-state index contributed by atoms with van der Waals surface area (Å²) in [6.07, 6.45) is -0.512. The molecule has 1 saturated heterocycles. The molecule has 0 radical (unpaired) electrons. The standard InChI is InChI=1S/C25H30FIN4O4S2/c1-14-19(36-13-29-14)16-6-4-15(5-7-16)11-28-21(33)18-10-17(32)12-31(18)22(34)20(24(2,3)37-27)30-23(35)25(26)8-9-25/h4-7,13,17-18,20,32H,8-12H2,1-3H3,(H,28,33)(H,30,35)/t17-,18+,20?/m1/s1. The van der Waals surface area contributed by atoms with Gasteiger partial charge >= 0.3 is 0 Å². The van der Waals surface area contributed by atoms with Gasteiger partial charge in [0.1, 0.15) is 12.1 Å². The summed E-state index contributed by atoms with van der Waals surface area (Å²) in [5, 5.41) is 15.8. The number of aliphatic hydroxyl groups is 1. The van der Waals surface area contributed by atoms with Crippen LogP contribution in [0.5, 0.6) is 0 Å². The third-order valence-electron chi connectivity index (χ3n) is 6.81. The minimum atomic E-state index is -1.93. The Morgan fingerprint density at radius 2 is 2.00 bits per heavy atom. The number of amides is 3. The summed E-state index contributed by atoms with van der Waals surface area (Å²) in [5.41, 5.74) is 2.78. The second-order valence-electron chi connectivity index (χ2n) is 10.1. The van der Waals surface area contributed by atoms with Crippen molar-refractivity contribution in [3.8, 4) is 10.4 Å². The number of alkyl halides is 1. The van der Waals surface area contributed by atoms with Gasteiger partial charge in [-0.05, 0) is 65.9 Å². The fraction of sp³-hybridized carbons (Fsp3) is 0.520. The average Bonchev–Trinajstić information content (AvgIpc) is 3.29. The van der Waals surface area contributed by atoms with Crippen molar-refractivity contribution in [1.82, 2.24) is 20.5 Å². The van der Waals surface area contributed by atoms with Crippen LogP contribution in [0.1, 0.15) is 44.4 Å². The molecule has 12 heteroatoms. The van der Waals surface area contributed by atoms with Crippen molar-refractivity contribution in [1.29, 1.82) is 0 Å². The molecule has 3 amide bonds. The molecule has 200 valence electrons. The van der Waals surface area contributed by atoms with E-state index in [1.807, 2.05) is 52.4 Å². The third-order valence-corrected chi connectivity index (χ3v) is 11.8. The molecule has 4 rings (SSSR count). The molecule has 0 spiro atoms. The van der Waals surface area contributed by atoms with E-state index in [1.54, 1.807) is 30.7 Å². The molecule has 1 aliphatic carbocycles. The SMILES string of the molecule is Cc1ncsc1-c1ccc(CNC(=O)[C@@H]2C[C@@H](O)CN2C(=O)C(NC(=O)C2(F)CC2)C(C)(C)SI)cc1. The van der Waals surface area contributed by atoms with Crippen LogP contribution in [0.25, 0.3) is 10.4 Å². The minimum Gasteiger partial charge on any atom is -0.391 e. The predicted octanol–water partition coefficient (Wildman–Crippen LogP) is 3.55. The quantitative estimate of drug-likeness (QED) is 0.355. The molecule has 1 saturated carbocycles. The number of hydrogen-bond acceptors (Lipinski definition) is 7. The van der Waals surface area contributed by atoms with Crippen molar-refractivity contribution in [2.24, 2.45) is 0 Å². The fourth-order valence-corrected chi connectivity index (χ4v) is 6.13. The maximum absolute atomic E-state index is 14.4. The van der Waals surface area contributed by atoms with E-state index >= 15 is 0 Å². The Morgan fingerprint density at radius 1 is 1.32 bits per heavy atom. The third kappa shape index (κ3) is 6.28. The Kier molecular flexibility index (Phi) is 8.51. The number of likely N-dealkylation sites (tertiary alicyclic amines) is 1. The minimum absolute atomic E-state index is 0.0328. The molecular formula is C25H30FIN4O4S2. The topological polar surface area (TPSA) is 112 Å². The van der Waals surface area contributed by atoms with Crippen molar-refractivity contribution in [3.63, 3.8) is 0 Å². The molecule has 2 aliphatic rings. The van der Waals surface area contributed by atoms with Gasteiger partial charge in [-0.2, -0.15) is 0 Å². The maximum Gasteiger partial charge on any atom is 0.258 e. The Morgan fingerprint density at radius 3 is 2.57 bits per heavy atom. The number of carbonyl (C=O) groups excluding carboxylic acids is 3. The molecule has 3 atom stereocenters. The van der Waals surface area contributed by atoms with Crippen LogP contribution in [-0.2, 0) is 20.9 Å². The molecule has 37 heavy (non-hydrogen) atoms. The van der Waals surface area contributed by atoms with Crippen molar-refractivity contribution in [2.75, 3.05) is 6.54 Å². The van der Waals surface area contributed by atoms with Gasteiger partial charge in [0, 0.05) is 24.3 Å². The van der Waals surface area contributed by atoms with Gasteiger partial charge in [0.25, 0.3) is 5.91 Å². The zero-order valence-electron chi connectivity index (χ0n) is 20.8. The van der Waals surface area contributed by atoms with Gasteiger partial charge in [0.2, 0.25) is 11.8 Å². The van der Waals surface area contributed by atoms with Crippen LogP contribution in [0.15, 0.2) is 29.8 Å². The fourth-order valence-electron chi connectivity index (χ4n) is 4.31. The zero-order chi connectivity index (χ0) is 27.0. The first-order chi connectivity index (χ1) is 17.4. The van der Waals surface area contributed by atoms with E-state index in [0.717, 1.165) is 21.7 Å². The number of carbonyl (C=O) groups is 3. The van der Waals surface area contributed by atoms with E-state index in [1.165, 1.54) is 13.8 Å². The number of aliphatic hydroxyl groups excluding tert-OH is 1. The Bertz CT molecular complexity index is 1170. The van der Waals surface area contributed by atoms with Crippen LogP contribution in [0.4, 0.5) is 4.39 Å². The lowest BCUT2D eigenvalue weighted by Gasteiger charge is -2.36. The summed E-state index contributed by atoms with van der Waals surface area (Å²) in [7, 11) is 1.33. The Labute approximate surface area is 235 Å². The molecule has 2 fully saturated rings. The lowest BCUT2D eigenvalue weighted by atomic mass is 10.0. The first kappa shape index (κ1) is 28.2. The molecule has 0 bridgehead atoms. The molecule has 1 aromatic heterocycles. The van der Waals surface area contributed by atoms with E-state index < -0.39 is 40.4 Å². The smallest absolute Gasteiger partial charge is 0.258 e. The van der Waals surface area contributed by atoms with Crippen LogP contribution in [0, 0.1) is 6.92 Å². The highest BCUT2D eigenvalue weighted by Crippen LogP contribution is 2.41. The number of aryl methyl sites for hydroxylation is 1. The van der Waals surface area contributed by atoms with Crippen LogP contribution in [0.2, 0.25) is 0 Å². The van der Waals surface area contributed by atoms with Gasteiger partial charge in [0.05, 0.1) is 22.2 Å². The van der Waals surface area contributed by atoms with Crippen molar-refractivity contribution in [3.05, 3.63) is 41.0 Å². The number of benzene rings is 1. The highest BCUT2D eigenvalue weighted by Gasteiger charge is 2.54. The Hall–Kier alpha value is -1.77. The monoisotopic (exact) mass is 660 g/mol. The molecule has 2 heterocycles. The van der Waals surface area contributed by atoms with Crippen LogP contribution in [-0.4, -0.2) is 67.9 Å². The van der Waals surface area contributed by atoms with E-state index in [-0.39, 0.29) is 38.3 Å². The van der Waals surface area contributed by atoms with E-state index in [4.69, 9.17) is 0 Å². The number of thiazole rings is 1. The van der Waals surface area contributed by atoms with Gasteiger partial charge in [-0.1, -0.05) is 33.2 Å². The number of β-amino-alcohol motifs (C(OH)–C–C–N with tert-alkyl or cyclic N) is 1. The van der Waals surface area contributed by atoms with Gasteiger partial charge in [-0.15, -0.1) is 11.3 Å². The second-order valence-corrected chi connectivity index (χ2v) is 13.5. The molecule has 2 aromatic rings. The van der Waals surface area contributed by atoms with Crippen molar-refractivity contribution < 1.29 is 23.9 Å². The summed E-state index contributed by atoms with van der Waals surface area (Å²) in [6, 6.07) is 5.86. The second kappa shape index (κ2) is 11.1. The molecule has 8 nitrogen and oxygen atoms in total. The number of rotatable bonds is 9. The number of hydrogen-bond donors (Lipinski definition) is 3. The highest BCUT2D eigenvalue weighted by molar-refractivity contribution is 14.2. The van der Waals surface area contributed by atoms with Gasteiger partial charge in [0.15, 0.2) is 5.67 Å². The number of nitrogens with zero attached hydrogens (tertiary/aromatic N) is 2. The van der Waals surface area contributed by atoms with E-state index in [9.17, 15) is 23.9 Å². The van der Waals surface area contributed by atoms with Gasteiger partial charge < -0.3 is 20.6 Å². The highest BCUT2D eigenvalue weighted by atomic mass is 127. The van der Waals surface area contributed by atoms with Crippen molar-refractivity contribution >= 4 is 59.2 Å². The molecule has 3 N–H and O–H groups in total.